The Morgan fingerprint density at radius 2 is 2.21 bits per heavy atom. The number of hydrogen-bond donors (Lipinski definition) is 1. The molecule has 0 aliphatic carbocycles. The molecule has 0 atom stereocenters. The molecule has 2 aliphatic heterocycles. The van der Waals surface area contributed by atoms with Crippen LogP contribution in [0, 0.1) is 11.3 Å². The third-order valence-corrected chi connectivity index (χ3v) is 3.56. The van der Waals surface area contributed by atoms with Gasteiger partial charge in [0.25, 0.3) is 0 Å². The summed E-state index contributed by atoms with van der Waals surface area (Å²) in [5.41, 5.74) is -0.321. The van der Waals surface area contributed by atoms with E-state index in [1.165, 1.54) is 0 Å². The minimum atomic E-state index is -0.321. The summed E-state index contributed by atoms with van der Waals surface area (Å²) >= 11 is 0. The van der Waals surface area contributed by atoms with E-state index >= 15 is 0 Å². The van der Waals surface area contributed by atoms with Gasteiger partial charge in [0, 0.05) is 6.04 Å². The summed E-state index contributed by atoms with van der Waals surface area (Å²) in [4.78, 5) is 13.4. The average Bonchev–Trinajstić information content (AvgIpc) is 2.73. The molecular weight excluding hydrogens is 180 g/mol. The van der Waals surface area contributed by atoms with Crippen LogP contribution in [0.3, 0.4) is 0 Å². The molecule has 1 N–H and O–H groups in total. The monoisotopic (exact) mass is 194 g/mol. The van der Waals surface area contributed by atoms with E-state index in [1.54, 1.807) is 4.90 Å². The summed E-state index contributed by atoms with van der Waals surface area (Å²) in [6.45, 7) is 0.0423. The molecule has 14 heavy (non-hydrogen) atoms. The topological polar surface area (TPSA) is 64.3 Å². The minimum absolute atomic E-state index is 0.0423. The molecule has 0 aromatic carbocycles. The van der Waals surface area contributed by atoms with Gasteiger partial charge in [-0.05, 0) is 25.7 Å². The minimum Gasteiger partial charge on any atom is -0.394 e. The second-order valence-electron chi connectivity index (χ2n) is 4.21. The molecule has 0 radical (unpaired) electrons. The number of fused-ring (bicyclic) bond motifs is 2. The fourth-order valence-corrected chi connectivity index (χ4v) is 2.88. The Morgan fingerprint density at radius 1 is 1.57 bits per heavy atom. The predicted molar refractivity (Wildman–Crippen MR) is 49.1 cm³/mol. The maximum atomic E-state index is 11.7. The zero-order valence-corrected chi connectivity index (χ0v) is 8.07. The van der Waals surface area contributed by atoms with Crippen LogP contribution >= 0.6 is 0 Å². The van der Waals surface area contributed by atoms with Crippen LogP contribution in [0.5, 0.6) is 0 Å². The lowest BCUT2D eigenvalue weighted by Crippen LogP contribution is -2.47. The molecule has 4 nitrogen and oxygen atoms in total. The van der Waals surface area contributed by atoms with Crippen LogP contribution in [0.2, 0.25) is 0 Å². The van der Waals surface area contributed by atoms with E-state index in [-0.39, 0.29) is 30.5 Å². The van der Waals surface area contributed by atoms with Crippen molar-refractivity contribution in [1.82, 2.24) is 4.90 Å². The number of carbonyl (C=O) groups is 1. The Hall–Kier alpha value is -1.08. The highest BCUT2D eigenvalue weighted by Gasteiger charge is 2.53. The van der Waals surface area contributed by atoms with Crippen molar-refractivity contribution >= 4 is 5.91 Å². The molecule has 2 rings (SSSR count). The number of carbonyl (C=O) groups excluding carboxylic acids is 1. The van der Waals surface area contributed by atoms with E-state index in [0.29, 0.717) is 0 Å². The second-order valence-corrected chi connectivity index (χ2v) is 4.21. The van der Waals surface area contributed by atoms with Gasteiger partial charge < -0.3 is 10.0 Å². The normalized spacial score (nSPS) is 34.6. The first kappa shape index (κ1) is 9.47. The first-order valence-corrected chi connectivity index (χ1v) is 5.03. The van der Waals surface area contributed by atoms with Crippen molar-refractivity contribution in [2.45, 2.75) is 43.7 Å². The van der Waals surface area contributed by atoms with Gasteiger partial charge in [0.05, 0.1) is 18.2 Å². The maximum Gasteiger partial charge on any atom is 0.237 e. The van der Waals surface area contributed by atoms with Crippen LogP contribution in [-0.4, -0.2) is 34.1 Å². The number of amides is 1. The molecule has 0 saturated carbocycles. The third-order valence-electron chi connectivity index (χ3n) is 3.56. The van der Waals surface area contributed by atoms with Crippen molar-refractivity contribution in [3.05, 3.63) is 0 Å². The first-order valence-electron chi connectivity index (χ1n) is 5.03. The lowest BCUT2D eigenvalue weighted by atomic mass is 9.88. The van der Waals surface area contributed by atoms with Gasteiger partial charge in [-0.15, -0.1) is 0 Å². The molecule has 2 fully saturated rings. The fourth-order valence-electron chi connectivity index (χ4n) is 2.88. The van der Waals surface area contributed by atoms with E-state index in [9.17, 15) is 9.90 Å². The molecule has 2 saturated heterocycles. The first-order chi connectivity index (χ1) is 6.73. The molecule has 0 aromatic heterocycles. The SMILES string of the molecule is N#CCC(=O)N1C2CCC1(CO)CC2. The molecule has 2 heterocycles. The maximum absolute atomic E-state index is 11.7. The Balaban J connectivity index is 2.19. The molecule has 2 bridgehead atoms. The quantitative estimate of drug-likeness (QED) is 0.692. The molecule has 1 amide bonds. The van der Waals surface area contributed by atoms with Crippen molar-refractivity contribution in [2.75, 3.05) is 6.61 Å². The van der Waals surface area contributed by atoms with E-state index in [4.69, 9.17) is 5.26 Å². The fraction of sp³-hybridized carbons (Fsp3) is 0.800. The smallest absolute Gasteiger partial charge is 0.237 e. The number of nitriles is 1. The van der Waals surface area contributed by atoms with Crippen LogP contribution < -0.4 is 0 Å². The summed E-state index contributed by atoms with van der Waals surface area (Å²) < 4.78 is 0. The number of rotatable bonds is 2. The summed E-state index contributed by atoms with van der Waals surface area (Å²) in [6.07, 6.45) is 3.70. The lowest BCUT2D eigenvalue weighted by Gasteiger charge is -2.32. The summed E-state index contributed by atoms with van der Waals surface area (Å²) in [5.74, 6) is -0.110. The average molecular weight is 194 g/mol. The van der Waals surface area contributed by atoms with Crippen LogP contribution in [0.15, 0.2) is 0 Å². The summed E-state index contributed by atoms with van der Waals surface area (Å²) in [5, 5.41) is 17.8. The lowest BCUT2D eigenvalue weighted by molar-refractivity contribution is -0.135. The van der Waals surface area contributed by atoms with Crippen LogP contribution in [0.4, 0.5) is 0 Å². The van der Waals surface area contributed by atoms with E-state index in [1.807, 2.05) is 6.07 Å². The Bertz CT molecular complexity index is 287. The molecule has 2 aliphatic rings. The largest absolute Gasteiger partial charge is 0.394 e. The van der Waals surface area contributed by atoms with Gasteiger partial charge in [-0.3, -0.25) is 4.79 Å². The summed E-state index contributed by atoms with van der Waals surface area (Å²) in [7, 11) is 0. The van der Waals surface area contributed by atoms with Crippen molar-refractivity contribution < 1.29 is 9.90 Å². The number of hydrogen-bond acceptors (Lipinski definition) is 3. The van der Waals surface area contributed by atoms with Crippen molar-refractivity contribution in [2.24, 2.45) is 0 Å². The van der Waals surface area contributed by atoms with Gasteiger partial charge in [-0.1, -0.05) is 0 Å². The van der Waals surface area contributed by atoms with Crippen molar-refractivity contribution in [1.29, 1.82) is 5.26 Å². The number of aliphatic hydroxyl groups excluding tert-OH is 1. The Morgan fingerprint density at radius 3 is 2.71 bits per heavy atom. The zero-order valence-electron chi connectivity index (χ0n) is 8.07. The van der Waals surface area contributed by atoms with Crippen molar-refractivity contribution in [3.8, 4) is 6.07 Å². The highest BCUT2D eigenvalue weighted by atomic mass is 16.3. The molecule has 4 heteroatoms. The second kappa shape index (κ2) is 3.25. The van der Waals surface area contributed by atoms with E-state index in [2.05, 4.69) is 0 Å². The number of aliphatic hydroxyl groups is 1. The van der Waals surface area contributed by atoms with Crippen LogP contribution in [0.1, 0.15) is 32.1 Å². The molecule has 0 unspecified atom stereocenters. The van der Waals surface area contributed by atoms with Gasteiger partial charge in [-0.25, -0.2) is 0 Å². The zero-order chi connectivity index (χ0) is 10.2. The van der Waals surface area contributed by atoms with Gasteiger partial charge in [-0.2, -0.15) is 5.26 Å². The van der Waals surface area contributed by atoms with Gasteiger partial charge >= 0.3 is 0 Å². The van der Waals surface area contributed by atoms with E-state index in [0.717, 1.165) is 25.7 Å². The Kier molecular flexibility index (Phi) is 2.20. The van der Waals surface area contributed by atoms with Gasteiger partial charge in [0.1, 0.15) is 6.42 Å². The molecular formula is C10H14N2O2. The number of nitrogens with zero attached hydrogens (tertiary/aromatic N) is 2. The standard InChI is InChI=1S/C10H14N2O2/c11-6-3-9(14)12-8-1-4-10(12,7-13)5-2-8/h8,13H,1-5,7H2. The highest BCUT2D eigenvalue weighted by molar-refractivity contribution is 5.80. The van der Waals surface area contributed by atoms with E-state index < -0.39 is 0 Å². The molecule has 76 valence electrons. The Labute approximate surface area is 83.1 Å². The summed E-state index contributed by atoms with van der Waals surface area (Å²) in [6, 6.07) is 2.16. The van der Waals surface area contributed by atoms with Gasteiger partial charge in [0.15, 0.2) is 0 Å². The highest BCUT2D eigenvalue weighted by Crippen LogP contribution is 2.46. The predicted octanol–water partition coefficient (Wildman–Crippen LogP) is 0.416. The third kappa shape index (κ3) is 1.12. The van der Waals surface area contributed by atoms with Gasteiger partial charge in [0.2, 0.25) is 5.91 Å². The molecule has 0 spiro atoms. The molecule has 0 aromatic rings. The van der Waals surface area contributed by atoms with Crippen LogP contribution in [0.25, 0.3) is 0 Å². The van der Waals surface area contributed by atoms with Crippen LogP contribution in [-0.2, 0) is 4.79 Å². The van der Waals surface area contributed by atoms with Crippen molar-refractivity contribution in [3.63, 3.8) is 0 Å².